The van der Waals surface area contributed by atoms with E-state index in [9.17, 15) is 26.7 Å². The van der Waals surface area contributed by atoms with E-state index in [0.717, 1.165) is 14.7 Å². The summed E-state index contributed by atoms with van der Waals surface area (Å²) in [6.45, 7) is 0. The topological polar surface area (TPSA) is 26.3 Å². The number of benzene rings is 4. The van der Waals surface area contributed by atoms with Crippen LogP contribution in [-0.4, -0.2) is 5.97 Å². The Morgan fingerprint density at radius 2 is 0.939 bits per heavy atom. The third-order valence-electron chi connectivity index (χ3n) is 4.64. The van der Waals surface area contributed by atoms with Gasteiger partial charge < -0.3 is 4.74 Å². The van der Waals surface area contributed by atoms with Crippen molar-refractivity contribution in [1.82, 2.24) is 0 Å². The highest BCUT2D eigenvalue weighted by Crippen LogP contribution is 2.32. The van der Waals surface area contributed by atoms with Crippen LogP contribution < -0.4 is 4.74 Å². The number of hydrogen-bond donors (Lipinski definition) is 0. The van der Waals surface area contributed by atoms with E-state index in [1.165, 1.54) is 12.1 Å². The van der Waals surface area contributed by atoms with E-state index < -0.39 is 51.5 Å². The maximum Gasteiger partial charge on any atom is 0.349 e. The standard InChI is InChI=1S/C25H14F5O2S/c26-20-19(21(27)23(29)24(30)22(20)28)25(31)32-15-11-13-18(14-12-15)33(16-7-3-1-4-8-16)17-9-5-2-6-10-17/h1-14H/q+1. The van der Waals surface area contributed by atoms with Crippen LogP contribution in [0.1, 0.15) is 10.4 Å². The van der Waals surface area contributed by atoms with Gasteiger partial charge in [-0.05, 0) is 48.5 Å². The van der Waals surface area contributed by atoms with Crippen molar-refractivity contribution in [2.24, 2.45) is 0 Å². The fourth-order valence-corrected chi connectivity index (χ4v) is 5.19. The first-order valence-corrected chi connectivity index (χ1v) is 10.8. The Kier molecular flexibility index (Phi) is 6.46. The van der Waals surface area contributed by atoms with Crippen molar-refractivity contribution >= 4 is 16.9 Å². The molecule has 0 aromatic heterocycles. The lowest BCUT2D eigenvalue weighted by molar-refractivity contribution is 0.0721. The van der Waals surface area contributed by atoms with Gasteiger partial charge in [-0.25, -0.2) is 26.7 Å². The second-order valence-electron chi connectivity index (χ2n) is 6.74. The normalized spacial score (nSPS) is 11.0. The van der Waals surface area contributed by atoms with Crippen molar-refractivity contribution < 1.29 is 31.5 Å². The van der Waals surface area contributed by atoms with Crippen molar-refractivity contribution in [3.63, 3.8) is 0 Å². The highest BCUT2D eigenvalue weighted by atomic mass is 32.2. The summed E-state index contributed by atoms with van der Waals surface area (Å²) in [6.07, 6.45) is 0. The second-order valence-corrected chi connectivity index (χ2v) is 8.76. The molecule has 0 bridgehead atoms. The molecule has 0 N–H and O–H groups in total. The summed E-state index contributed by atoms with van der Waals surface area (Å²) in [5, 5.41) is 0. The van der Waals surface area contributed by atoms with Crippen LogP contribution >= 0.6 is 0 Å². The number of carbonyl (C=O) groups is 1. The molecule has 0 saturated heterocycles. The molecule has 2 nitrogen and oxygen atoms in total. The smallest absolute Gasteiger partial charge is 0.349 e. The lowest BCUT2D eigenvalue weighted by Gasteiger charge is -2.10. The van der Waals surface area contributed by atoms with Crippen molar-refractivity contribution in [3.05, 3.63) is 120 Å². The van der Waals surface area contributed by atoms with Crippen molar-refractivity contribution in [2.75, 3.05) is 0 Å². The minimum atomic E-state index is -2.35. The van der Waals surface area contributed by atoms with E-state index in [4.69, 9.17) is 4.74 Å². The van der Waals surface area contributed by atoms with Crippen LogP contribution in [0, 0.1) is 29.1 Å². The highest BCUT2D eigenvalue weighted by Gasteiger charge is 2.32. The van der Waals surface area contributed by atoms with Gasteiger partial charge in [0.05, 0.1) is 10.9 Å². The second kappa shape index (κ2) is 9.46. The predicted molar refractivity (Wildman–Crippen MR) is 113 cm³/mol. The van der Waals surface area contributed by atoms with Gasteiger partial charge in [-0.1, -0.05) is 36.4 Å². The molecule has 0 atom stereocenters. The third-order valence-corrected chi connectivity index (χ3v) is 6.87. The molecule has 8 heteroatoms. The number of ether oxygens (including phenoxy) is 1. The van der Waals surface area contributed by atoms with E-state index >= 15 is 0 Å². The summed E-state index contributed by atoms with van der Waals surface area (Å²) in [4.78, 5) is 15.1. The van der Waals surface area contributed by atoms with Crippen LogP contribution in [0.4, 0.5) is 22.0 Å². The lowest BCUT2D eigenvalue weighted by Crippen LogP contribution is -2.17. The molecule has 0 radical (unpaired) electrons. The van der Waals surface area contributed by atoms with Gasteiger partial charge in [0.2, 0.25) is 5.82 Å². The van der Waals surface area contributed by atoms with Gasteiger partial charge in [-0.3, -0.25) is 0 Å². The van der Waals surface area contributed by atoms with Crippen molar-refractivity contribution in [1.29, 1.82) is 0 Å². The summed E-state index contributed by atoms with van der Waals surface area (Å²) in [5.41, 5.74) is -1.65. The minimum absolute atomic E-state index is 0.114. The monoisotopic (exact) mass is 473 g/mol. The van der Waals surface area contributed by atoms with Crippen molar-refractivity contribution in [3.8, 4) is 5.75 Å². The summed E-state index contributed by atoms with van der Waals surface area (Å²) in [6, 6.07) is 25.5. The molecule has 0 heterocycles. The number of carbonyl (C=O) groups excluding carboxylic acids is 1. The molecule has 0 aliphatic rings. The van der Waals surface area contributed by atoms with Gasteiger partial charge in [0.25, 0.3) is 0 Å². The average Bonchev–Trinajstić information content (AvgIpc) is 2.84. The molecule has 4 aromatic rings. The fourth-order valence-electron chi connectivity index (χ4n) is 3.11. The van der Waals surface area contributed by atoms with Crippen LogP contribution in [0.25, 0.3) is 0 Å². The van der Waals surface area contributed by atoms with Crippen LogP contribution in [0.5, 0.6) is 5.75 Å². The summed E-state index contributed by atoms with van der Waals surface area (Å²) < 4.78 is 72.7. The Labute approximate surface area is 188 Å². The zero-order valence-corrected chi connectivity index (χ0v) is 17.5. The van der Waals surface area contributed by atoms with Gasteiger partial charge in [-0.15, -0.1) is 0 Å². The molecule has 166 valence electrons. The van der Waals surface area contributed by atoms with E-state index in [1.54, 1.807) is 12.1 Å². The van der Waals surface area contributed by atoms with E-state index in [0.29, 0.717) is 0 Å². The Bertz CT molecular complexity index is 1230. The Balaban J connectivity index is 1.64. The molecule has 4 aromatic carbocycles. The number of esters is 1. The maximum atomic E-state index is 13.9. The summed E-state index contributed by atoms with van der Waals surface area (Å²) in [7, 11) is -0.489. The lowest BCUT2D eigenvalue weighted by atomic mass is 10.1. The van der Waals surface area contributed by atoms with E-state index in [1.807, 2.05) is 60.7 Å². The first-order chi connectivity index (χ1) is 15.9. The van der Waals surface area contributed by atoms with E-state index in [-0.39, 0.29) is 5.75 Å². The Morgan fingerprint density at radius 3 is 1.39 bits per heavy atom. The average molecular weight is 473 g/mol. The molecule has 0 aliphatic carbocycles. The molecule has 0 unspecified atom stereocenters. The largest absolute Gasteiger partial charge is 0.423 e. The quantitative estimate of drug-likeness (QED) is 0.0806. The van der Waals surface area contributed by atoms with Crippen LogP contribution in [0.2, 0.25) is 0 Å². The molecule has 0 amide bonds. The van der Waals surface area contributed by atoms with Gasteiger partial charge in [-0.2, -0.15) is 0 Å². The third kappa shape index (κ3) is 4.47. The molecule has 0 aliphatic heterocycles. The number of halogens is 5. The first kappa shape index (κ1) is 22.5. The van der Waals surface area contributed by atoms with Gasteiger partial charge in [0.1, 0.15) is 11.3 Å². The van der Waals surface area contributed by atoms with Gasteiger partial charge in [0.15, 0.2) is 38.0 Å². The molecular weight excluding hydrogens is 459 g/mol. The number of hydrogen-bond acceptors (Lipinski definition) is 2. The Morgan fingerprint density at radius 1 is 0.545 bits per heavy atom. The molecule has 4 rings (SSSR count). The Hall–Kier alpha value is -3.65. The van der Waals surface area contributed by atoms with Gasteiger partial charge >= 0.3 is 5.97 Å². The van der Waals surface area contributed by atoms with Crippen LogP contribution in [0.15, 0.2) is 99.6 Å². The van der Waals surface area contributed by atoms with Gasteiger partial charge in [0, 0.05) is 0 Å². The molecule has 0 spiro atoms. The van der Waals surface area contributed by atoms with E-state index in [2.05, 4.69) is 0 Å². The molecule has 0 saturated carbocycles. The summed E-state index contributed by atoms with van der Waals surface area (Å²) >= 11 is 0. The minimum Gasteiger partial charge on any atom is -0.423 e. The SMILES string of the molecule is O=C(Oc1ccc([S+](c2ccccc2)c2ccccc2)cc1)c1c(F)c(F)c(F)c(F)c1F. The first-order valence-electron chi connectivity index (χ1n) is 9.56. The molecule has 0 fully saturated rings. The van der Waals surface area contributed by atoms with Crippen molar-refractivity contribution in [2.45, 2.75) is 14.7 Å². The zero-order chi connectivity index (χ0) is 23.5. The highest BCUT2D eigenvalue weighted by molar-refractivity contribution is 7.97. The predicted octanol–water partition coefficient (Wildman–Crippen LogP) is 6.70. The van der Waals surface area contributed by atoms with Crippen LogP contribution in [0.3, 0.4) is 0 Å². The molecular formula is C25H14F5O2S+. The fraction of sp³-hybridized carbons (Fsp3) is 0. The molecule has 33 heavy (non-hydrogen) atoms. The maximum absolute atomic E-state index is 13.9. The zero-order valence-electron chi connectivity index (χ0n) is 16.7. The summed E-state index contributed by atoms with van der Waals surface area (Å²) in [5.74, 6) is -13.1. The number of rotatable bonds is 5. The van der Waals surface area contributed by atoms with Crippen LogP contribution in [-0.2, 0) is 10.9 Å².